The van der Waals surface area contributed by atoms with Crippen molar-refractivity contribution in [3.05, 3.63) is 63.2 Å². The molecule has 3 aromatic rings. The van der Waals surface area contributed by atoms with E-state index in [-0.39, 0.29) is 30.3 Å². The van der Waals surface area contributed by atoms with Crippen LogP contribution < -0.4 is 5.56 Å². The Labute approximate surface area is 147 Å². The van der Waals surface area contributed by atoms with E-state index in [1.54, 1.807) is 6.07 Å². The van der Waals surface area contributed by atoms with E-state index in [9.17, 15) is 19.1 Å². The standard InChI is InChI=1S/C19H13FN2O4/c1-19(25)13-6-15-16-10(4-9-2-3-11(20)5-14(9)21-16)7-22(15)17(23)12(13)8-26-18(19)24/h2-6,25H,7-8H2,1H3/t19-/m0/s1/i4T. The average Bonchev–Trinajstić information content (AvgIpc) is 2.98. The first-order valence-corrected chi connectivity index (χ1v) is 8.05. The number of rotatable bonds is 0. The zero-order valence-electron chi connectivity index (χ0n) is 14.7. The number of halogens is 1. The van der Waals surface area contributed by atoms with Gasteiger partial charge in [-0.15, -0.1) is 0 Å². The van der Waals surface area contributed by atoms with Crippen molar-refractivity contribution in [2.75, 3.05) is 0 Å². The Bertz CT molecular complexity index is 1250. The van der Waals surface area contributed by atoms with Crippen LogP contribution in [-0.2, 0) is 28.3 Å². The van der Waals surface area contributed by atoms with E-state index in [0.717, 1.165) is 0 Å². The highest BCUT2D eigenvalue weighted by Crippen LogP contribution is 2.37. The van der Waals surface area contributed by atoms with E-state index in [0.29, 0.717) is 27.9 Å². The molecule has 4 heterocycles. The molecule has 0 unspecified atom stereocenters. The van der Waals surface area contributed by atoms with Crippen LogP contribution in [0.1, 0.15) is 25.0 Å². The topological polar surface area (TPSA) is 81.4 Å². The lowest BCUT2D eigenvalue weighted by Gasteiger charge is -2.29. The Kier molecular flexibility index (Phi) is 2.59. The molecule has 0 spiro atoms. The van der Waals surface area contributed by atoms with Crippen LogP contribution in [0.25, 0.3) is 22.3 Å². The van der Waals surface area contributed by atoms with Crippen molar-refractivity contribution in [1.82, 2.24) is 9.55 Å². The predicted octanol–water partition coefficient (Wildman–Crippen LogP) is 1.83. The molecule has 7 heteroatoms. The van der Waals surface area contributed by atoms with Crippen LogP contribution in [0.3, 0.4) is 0 Å². The number of carbonyl (C=O) groups is 1. The number of pyridine rings is 2. The maximum atomic E-state index is 13.6. The van der Waals surface area contributed by atoms with Gasteiger partial charge in [-0.2, -0.15) is 0 Å². The number of esters is 1. The number of aromatic nitrogens is 2. The molecule has 0 bridgehead atoms. The molecule has 5 rings (SSSR count). The maximum Gasteiger partial charge on any atom is 0.342 e. The Morgan fingerprint density at radius 3 is 3.00 bits per heavy atom. The summed E-state index contributed by atoms with van der Waals surface area (Å²) in [5.41, 5.74) is -0.338. The number of fused-ring (bicyclic) bond motifs is 5. The van der Waals surface area contributed by atoms with E-state index in [4.69, 9.17) is 6.11 Å². The van der Waals surface area contributed by atoms with E-state index in [2.05, 4.69) is 4.98 Å². The summed E-state index contributed by atoms with van der Waals surface area (Å²) in [5.74, 6) is -1.30. The van der Waals surface area contributed by atoms with Gasteiger partial charge in [0.2, 0.25) is 0 Å². The van der Waals surface area contributed by atoms with Crippen LogP contribution in [0.15, 0.2) is 35.1 Å². The lowest BCUT2D eigenvalue weighted by molar-refractivity contribution is -0.169. The minimum atomic E-state index is -1.95. The van der Waals surface area contributed by atoms with Gasteiger partial charge in [-0.05, 0) is 31.2 Å². The van der Waals surface area contributed by atoms with Crippen LogP contribution in [-0.4, -0.2) is 20.6 Å². The van der Waals surface area contributed by atoms with Gasteiger partial charge in [0.05, 0.1) is 30.4 Å². The second-order valence-electron chi connectivity index (χ2n) is 6.69. The number of nitrogens with zero attached hydrogens (tertiary/aromatic N) is 2. The third kappa shape index (κ3) is 1.86. The average molecular weight is 354 g/mol. The molecular weight excluding hydrogens is 339 g/mol. The molecule has 130 valence electrons. The van der Waals surface area contributed by atoms with Crippen molar-refractivity contribution < 1.29 is 20.4 Å². The fourth-order valence-electron chi connectivity index (χ4n) is 3.60. The first kappa shape index (κ1) is 14.1. The SMILES string of the molecule is [3H]c1c2c(nc3cc(F)ccc13)-c1cc3c(c(=O)n1C2)COC(=O)[C@@]3(C)O. The van der Waals surface area contributed by atoms with Gasteiger partial charge in [0, 0.05) is 22.6 Å². The summed E-state index contributed by atoms with van der Waals surface area (Å²) >= 11 is 0. The molecule has 2 aliphatic heterocycles. The Morgan fingerprint density at radius 1 is 1.38 bits per heavy atom. The number of hydrogen-bond acceptors (Lipinski definition) is 5. The largest absolute Gasteiger partial charge is 0.458 e. The number of aliphatic hydroxyl groups is 1. The van der Waals surface area contributed by atoms with E-state index >= 15 is 0 Å². The quantitative estimate of drug-likeness (QED) is 0.487. The first-order chi connectivity index (χ1) is 12.8. The van der Waals surface area contributed by atoms with Crippen molar-refractivity contribution in [2.45, 2.75) is 25.7 Å². The van der Waals surface area contributed by atoms with Gasteiger partial charge in [0.15, 0.2) is 5.60 Å². The summed E-state index contributed by atoms with van der Waals surface area (Å²) in [5, 5.41) is 11.0. The first-order valence-electron chi connectivity index (χ1n) is 8.55. The number of carbonyl (C=O) groups excluding carboxylic acids is 1. The van der Waals surface area contributed by atoms with Gasteiger partial charge >= 0.3 is 5.97 Å². The van der Waals surface area contributed by atoms with Gasteiger partial charge in [0.25, 0.3) is 5.56 Å². The predicted molar refractivity (Wildman–Crippen MR) is 89.9 cm³/mol. The minimum absolute atomic E-state index is 0.145. The number of benzene rings is 1. The third-order valence-corrected chi connectivity index (χ3v) is 4.99. The Hall–Kier alpha value is -3.06. The van der Waals surface area contributed by atoms with Crippen molar-refractivity contribution in [1.29, 1.82) is 0 Å². The molecule has 0 saturated carbocycles. The molecule has 1 N–H and O–H groups in total. The molecule has 1 atom stereocenters. The van der Waals surface area contributed by atoms with Crippen molar-refractivity contribution in [2.24, 2.45) is 0 Å². The molecule has 6 nitrogen and oxygen atoms in total. The van der Waals surface area contributed by atoms with E-state index < -0.39 is 22.9 Å². The highest BCUT2D eigenvalue weighted by atomic mass is 19.1. The molecular formula is C19H13FN2O4. The maximum absolute atomic E-state index is 13.6. The highest BCUT2D eigenvalue weighted by Gasteiger charge is 2.42. The van der Waals surface area contributed by atoms with Crippen molar-refractivity contribution in [3.63, 3.8) is 0 Å². The van der Waals surface area contributed by atoms with Crippen LogP contribution in [0, 0.1) is 5.82 Å². The molecule has 0 amide bonds. The van der Waals surface area contributed by atoms with Crippen LogP contribution >= 0.6 is 0 Å². The van der Waals surface area contributed by atoms with Gasteiger partial charge in [0.1, 0.15) is 12.4 Å². The number of ether oxygens (including phenoxy) is 1. The molecule has 26 heavy (non-hydrogen) atoms. The second-order valence-corrected chi connectivity index (χ2v) is 6.69. The molecule has 0 aliphatic carbocycles. The summed E-state index contributed by atoms with van der Waals surface area (Å²) in [7, 11) is 0. The fourth-order valence-corrected chi connectivity index (χ4v) is 3.60. The highest BCUT2D eigenvalue weighted by molar-refractivity contribution is 5.86. The van der Waals surface area contributed by atoms with Gasteiger partial charge in [-0.1, -0.05) is 0 Å². The normalized spacial score (nSPS) is 21.0. The Morgan fingerprint density at radius 2 is 2.19 bits per heavy atom. The molecule has 0 fully saturated rings. The lowest BCUT2D eigenvalue weighted by Crippen LogP contribution is -2.42. The van der Waals surface area contributed by atoms with Crippen LogP contribution in [0.5, 0.6) is 0 Å². The third-order valence-electron chi connectivity index (χ3n) is 4.99. The second kappa shape index (κ2) is 4.76. The monoisotopic (exact) mass is 354 g/mol. The lowest BCUT2D eigenvalue weighted by atomic mass is 9.90. The summed E-state index contributed by atoms with van der Waals surface area (Å²) in [6.45, 7) is 1.21. The fraction of sp³-hybridized carbons (Fsp3) is 0.211. The number of cyclic esters (lactones) is 1. The van der Waals surface area contributed by atoms with Crippen LogP contribution in [0.2, 0.25) is 0 Å². The zero-order chi connectivity index (χ0) is 19.1. The smallest absolute Gasteiger partial charge is 0.342 e. The molecule has 0 saturated heterocycles. The van der Waals surface area contributed by atoms with Crippen molar-refractivity contribution in [3.8, 4) is 11.4 Å². The van der Waals surface area contributed by atoms with Gasteiger partial charge in [-0.25, -0.2) is 14.2 Å². The number of hydrogen-bond donors (Lipinski definition) is 1. The van der Waals surface area contributed by atoms with E-state index in [1.807, 2.05) is 0 Å². The molecule has 1 aromatic carbocycles. The van der Waals surface area contributed by atoms with Crippen LogP contribution in [0.4, 0.5) is 4.39 Å². The van der Waals surface area contributed by atoms with E-state index in [1.165, 1.54) is 29.7 Å². The van der Waals surface area contributed by atoms with Crippen molar-refractivity contribution >= 4 is 16.9 Å². The van der Waals surface area contributed by atoms with Gasteiger partial charge < -0.3 is 14.4 Å². The summed E-state index contributed by atoms with van der Waals surface area (Å²) in [6.07, 6.45) is 0. The molecule has 2 aliphatic rings. The summed E-state index contributed by atoms with van der Waals surface area (Å²) in [6, 6.07) is 5.71. The molecule has 0 radical (unpaired) electrons. The summed E-state index contributed by atoms with van der Waals surface area (Å²) < 4.78 is 28.4. The molecule has 2 aromatic heterocycles. The Balaban J connectivity index is 1.84. The zero-order valence-corrected chi connectivity index (χ0v) is 13.7. The minimum Gasteiger partial charge on any atom is -0.458 e. The van der Waals surface area contributed by atoms with Gasteiger partial charge in [-0.3, -0.25) is 4.79 Å². The summed E-state index contributed by atoms with van der Waals surface area (Å²) in [4.78, 5) is 29.3.